The van der Waals surface area contributed by atoms with E-state index in [-0.39, 0.29) is 17.6 Å². The number of aromatic nitrogens is 2. The van der Waals surface area contributed by atoms with Crippen molar-refractivity contribution in [1.29, 1.82) is 0 Å². The van der Waals surface area contributed by atoms with Crippen molar-refractivity contribution in [2.75, 3.05) is 24.2 Å². The van der Waals surface area contributed by atoms with Gasteiger partial charge < -0.3 is 15.5 Å². The van der Waals surface area contributed by atoms with E-state index in [1.807, 2.05) is 58.0 Å². The summed E-state index contributed by atoms with van der Waals surface area (Å²) in [5, 5.41) is 9.95. The quantitative estimate of drug-likeness (QED) is 0.577. The Labute approximate surface area is 191 Å². The number of benzene rings is 2. The normalized spacial score (nSPS) is 11.2. The first kappa shape index (κ1) is 23.9. The number of carbonyl (C=O) groups is 2. The first-order valence-electron chi connectivity index (χ1n) is 10.4. The average molecular weight is 456 g/mol. The van der Waals surface area contributed by atoms with Crippen LogP contribution in [0.4, 0.5) is 25.1 Å². The van der Waals surface area contributed by atoms with E-state index in [2.05, 4.69) is 10.6 Å². The molecule has 0 spiro atoms. The minimum Gasteiger partial charge on any atom is -0.318 e. The van der Waals surface area contributed by atoms with E-state index in [1.165, 1.54) is 13.1 Å². The summed E-state index contributed by atoms with van der Waals surface area (Å²) in [6.45, 7) is 7.77. The SMILES string of the molecule is Cc1ccccc1-n1nc(C(C)(C)C)cc1NC(=O)CN(C)C(=O)Nc1ccc(F)c(F)c1. The van der Waals surface area contributed by atoms with Crippen LogP contribution in [0.2, 0.25) is 0 Å². The molecule has 2 aromatic carbocycles. The maximum atomic E-state index is 13.4. The monoisotopic (exact) mass is 455 g/mol. The highest BCUT2D eigenvalue weighted by atomic mass is 19.2. The van der Waals surface area contributed by atoms with Gasteiger partial charge in [0.1, 0.15) is 12.4 Å². The van der Waals surface area contributed by atoms with Crippen LogP contribution in [-0.4, -0.2) is 40.2 Å². The van der Waals surface area contributed by atoms with Gasteiger partial charge in [-0.1, -0.05) is 39.0 Å². The molecule has 3 amide bonds. The number of aryl methyl sites for hydroxylation is 1. The smallest absolute Gasteiger partial charge is 0.318 e. The summed E-state index contributed by atoms with van der Waals surface area (Å²) in [5.74, 6) is -2.05. The van der Waals surface area contributed by atoms with Gasteiger partial charge in [0, 0.05) is 30.3 Å². The van der Waals surface area contributed by atoms with E-state index in [0.29, 0.717) is 5.82 Å². The van der Waals surface area contributed by atoms with Gasteiger partial charge >= 0.3 is 6.03 Å². The van der Waals surface area contributed by atoms with Gasteiger partial charge in [-0.3, -0.25) is 4.79 Å². The second-order valence-electron chi connectivity index (χ2n) is 8.83. The number of nitrogens with one attached hydrogen (secondary N) is 2. The summed E-state index contributed by atoms with van der Waals surface area (Å²) in [4.78, 5) is 26.2. The second-order valence-corrected chi connectivity index (χ2v) is 8.83. The van der Waals surface area contributed by atoms with Gasteiger partial charge in [0.2, 0.25) is 5.91 Å². The van der Waals surface area contributed by atoms with Gasteiger partial charge in [0.05, 0.1) is 11.4 Å². The topological polar surface area (TPSA) is 79.3 Å². The van der Waals surface area contributed by atoms with Crippen LogP contribution in [0.5, 0.6) is 0 Å². The number of rotatable bonds is 5. The van der Waals surface area contributed by atoms with Gasteiger partial charge in [-0.2, -0.15) is 5.10 Å². The molecule has 1 aromatic heterocycles. The van der Waals surface area contributed by atoms with Gasteiger partial charge in [-0.15, -0.1) is 0 Å². The highest BCUT2D eigenvalue weighted by molar-refractivity contribution is 5.96. The summed E-state index contributed by atoms with van der Waals surface area (Å²) < 4.78 is 28.1. The number of nitrogens with zero attached hydrogens (tertiary/aromatic N) is 3. The number of likely N-dealkylation sites (N-methyl/N-ethyl adjacent to an activating group) is 1. The minimum atomic E-state index is -1.08. The van der Waals surface area contributed by atoms with E-state index in [4.69, 9.17) is 5.10 Å². The Morgan fingerprint density at radius 2 is 1.73 bits per heavy atom. The summed E-state index contributed by atoms with van der Waals surface area (Å²) in [7, 11) is 1.42. The van der Waals surface area contributed by atoms with Crippen molar-refractivity contribution < 1.29 is 18.4 Å². The van der Waals surface area contributed by atoms with Crippen molar-refractivity contribution in [1.82, 2.24) is 14.7 Å². The van der Waals surface area contributed by atoms with Crippen molar-refractivity contribution in [3.63, 3.8) is 0 Å². The molecular formula is C24H27F2N5O2. The van der Waals surface area contributed by atoms with Crippen LogP contribution in [0, 0.1) is 18.6 Å². The van der Waals surface area contributed by atoms with Gasteiger partial charge in [-0.05, 0) is 30.7 Å². The van der Waals surface area contributed by atoms with Crippen LogP contribution in [0.3, 0.4) is 0 Å². The first-order valence-corrected chi connectivity index (χ1v) is 10.4. The molecule has 7 nitrogen and oxygen atoms in total. The minimum absolute atomic E-state index is 0.0820. The molecule has 2 N–H and O–H groups in total. The molecule has 0 saturated carbocycles. The summed E-state index contributed by atoms with van der Waals surface area (Å²) >= 11 is 0. The van der Waals surface area contributed by atoms with Crippen molar-refractivity contribution in [2.24, 2.45) is 0 Å². The molecule has 33 heavy (non-hydrogen) atoms. The molecule has 0 atom stereocenters. The van der Waals surface area contributed by atoms with Crippen LogP contribution in [0.1, 0.15) is 32.0 Å². The van der Waals surface area contributed by atoms with Crippen LogP contribution < -0.4 is 10.6 Å². The Balaban J connectivity index is 1.75. The molecule has 9 heteroatoms. The Morgan fingerprint density at radius 3 is 2.36 bits per heavy atom. The molecule has 1 heterocycles. The predicted molar refractivity (Wildman–Crippen MR) is 124 cm³/mol. The Bertz CT molecular complexity index is 1180. The van der Waals surface area contributed by atoms with E-state index >= 15 is 0 Å². The van der Waals surface area contributed by atoms with Crippen LogP contribution >= 0.6 is 0 Å². The van der Waals surface area contributed by atoms with E-state index in [1.54, 1.807) is 4.68 Å². The molecule has 0 aliphatic carbocycles. The molecule has 174 valence electrons. The van der Waals surface area contributed by atoms with Crippen LogP contribution in [-0.2, 0) is 10.2 Å². The lowest BCUT2D eigenvalue weighted by Gasteiger charge is -2.18. The zero-order valence-corrected chi connectivity index (χ0v) is 19.2. The highest BCUT2D eigenvalue weighted by Gasteiger charge is 2.23. The predicted octanol–water partition coefficient (Wildman–Crippen LogP) is 4.86. The highest BCUT2D eigenvalue weighted by Crippen LogP contribution is 2.27. The van der Waals surface area contributed by atoms with Gasteiger partial charge in [0.25, 0.3) is 0 Å². The Kier molecular flexibility index (Phi) is 6.81. The molecule has 3 rings (SSSR count). The third kappa shape index (κ3) is 5.74. The van der Waals surface area contributed by atoms with Crippen molar-refractivity contribution in [2.45, 2.75) is 33.1 Å². The lowest BCUT2D eigenvalue weighted by Crippen LogP contribution is -2.38. The molecule has 0 bridgehead atoms. The molecule has 0 unspecified atom stereocenters. The average Bonchev–Trinajstić information content (AvgIpc) is 3.15. The molecule has 0 aliphatic rings. The summed E-state index contributed by atoms with van der Waals surface area (Å²) in [6, 6.07) is 11.9. The molecule has 0 saturated heterocycles. The molecule has 0 fully saturated rings. The van der Waals surface area contributed by atoms with Crippen molar-refractivity contribution >= 4 is 23.4 Å². The number of amides is 3. The van der Waals surface area contributed by atoms with Crippen molar-refractivity contribution in [3.8, 4) is 5.69 Å². The molecular weight excluding hydrogens is 428 g/mol. The summed E-state index contributed by atoms with van der Waals surface area (Å²) in [6.07, 6.45) is 0. The Hall–Kier alpha value is -3.75. The number of hydrogen-bond donors (Lipinski definition) is 2. The van der Waals surface area contributed by atoms with Crippen LogP contribution in [0.15, 0.2) is 48.5 Å². The van der Waals surface area contributed by atoms with E-state index < -0.39 is 23.6 Å². The fourth-order valence-electron chi connectivity index (χ4n) is 3.08. The number of halogens is 2. The third-order valence-corrected chi connectivity index (χ3v) is 4.99. The van der Waals surface area contributed by atoms with Gasteiger partial charge in [-0.25, -0.2) is 18.3 Å². The summed E-state index contributed by atoms with van der Waals surface area (Å²) in [5.41, 5.74) is 2.45. The van der Waals surface area contributed by atoms with Crippen LogP contribution in [0.25, 0.3) is 5.69 Å². The standard InChI is InChI=1S/C24H27F2N5O2/c1-15-8-6-7-9-19(15)31-21(13-20(29-31)24(2,3)4)28-22(32)14-30(5)23(33)27-16-10-11-17(25)18(26)12-16/h6-13H,14H2,1-5H3,(H,27,33)(H,28,32). The fourth-order valence-corrected chi connectivity index (χ4v) is 3.08. The van der Waals surface area contributed by atoms with E-state index in [0.717, 1.165) is 34.0 Å². The third-order valence-electron chi connectivity index (χ3n) is 4.99. The molecule has 0 aliphatic heterocycles. The number of carbonyl (C=O) groups excluding carboxylic acids is 2. The maximum absolute atomic E-state index is 13.4. The fraction of sp³-hybridized carbons (Fsp3) is 0.292. The number of urea groups is 1. The molecule has 3 aromatic rings. The zero-order chi connectivity index (χ0) is 24.3. The number of anilines is 2. The Morgan fingerprint density at radius 1 is 1.03 bits per heavy atom. The lowest BCUT2D eigenvalue weighted by atomic mass is 9.92. The van der Waals surface area contributed by atoms with E-state index in [9.17, 15) is 18.4 Å². The molecule has 0 radical (unpaired) electrons. The number of para-hydroxylation sites is 1. The first-order chi connectivity index (χ1) is 15.5. The maximum Gasteiger partial charge on any atom is 0.322 e. The number of hydrogen-bond acceptors (Lipinski definition) is 3. The lowest BCUT2D eigenvalue weighted by molar-refractivity contribution is -0.116. The van der Waals surface area contributed by atoms with Crippen molar-refractivity contribution in [3.05, 3.63) is 71.4 Å². The van der Waals surface area contributed by atoms with Gasteiger partial charge in [0.15, 0.2) is 11.6 Å². The zero-order valence-electron chi connectivity index (χ0n) is 19.2. The second kappa shape index (κ2) is 9.40. The largest absolute Gasteiger partial charge is 0.322 e.